The van der Waals surface area contributed by atoms with Gasteiger partial charge in [-0.3, -0.25) is 0 Å². The molecule has 0 unspecified atom stereocenters. The second-order valence-corrected chi connectivity index (χ2v) is 4.52. The molecular formula is C12H15BF3KO. The Morgan fingerprint density at radius 2 is 1.50 bits per heavy atom. The summed E-state index contributed by atoms with van der Waals surface area (Å²) in [4.78, 5) is 0. The Hall–Kier alpha value is 0.511. The summed E-state index contributed by atoms with van der Waals surface area (Å²) >= 11 is 0. The molecule has 1 fully saturated rings. The average molecular weight is 282 g/mol. The molecule has 0 atom stereocenters. The first-order valence-corrected chi connectivity index (χ1v) is 6.02. The van der Waals surface area contributed by atoms with Crippen molar-refractivity contribution >= 4 is 12.4 Å². The normalized spacial score (nSPS) is 17.1. The van der Waals surface area contributed by atoms with Crippen LogP contribution in [0.5, 0.6) is 5.75 Å². The summed E-state index contributed by atoms with van der Waals surface area (Å²) in [5.74, 6) is 0.542. The minimum atomic E-state index is -4.90. The molecule has 6 heteroatoms. The molecule has 0 aromatic heterocycles. The molecular weight excluding hydrogens is 267 g/mol. The van der Waals surface area contributed by atoms with E-state index in [9.17, 15) is 12.9 Å². The fraction of sp³-hybridized carbons (Fsp3) is 0.500. The van der Waals surface area contributed by atoms with Crippen LogP contribution in [0.15, 0.2) is 24.3 Å². The average Bonchev–Trinajstić information content (AvgIpc) is 2.30. The van der Waals surface area contributed by atoms with Crippen LogP contribution in [0.1, 0.15) is 32.1 Å². The van der Waals surface area contributed by atoms with E-state index in [2.05, 4.69) is 0 Å². The van der Waals surface area contributed by atoms with Crippen molar-refractivity contribution in [2.24, 2.45) is 0 Å². The molecule has 0 amide bonds. The Bertz CT molecular complexity index is 361. The van der Waals surface area contributed by atoms with Crippen LogP contribution in [-0.2, 0) is 0 Å². The summed E-state index contributed by atoms with van der Waals surface area (Å²) in [6.07, 6.45) is 5.71. The van der Waals surface area contributed by atoms with Crippen molar-refractivity contribution in [3.8, 4) is 5.75 Å². The van der Waals surface area contributed by atoms with Crippen LogP contribution in [0.25, 0.3) is 0 Å². The van der Waals surface area contributed by atoms with Gasteiger partial charge in [0.05, 0.1) is 6.10 Å². The van der Waals surface area contributed by atoms with E-state index in [1.165, 1.54) is 18.6 Å². The quantitative estimate of drug-likeness (QED) is 0.732. The van der Waals surface area contributed by atoms with Crippen LogP contribution in [0.3, 0.4) is 0 Å². The van der Waals surface area contributed by atoms with E-state index in [0.717, 1.165) is 37.8 Å². The van der Waals surface area contributed by atoms with Gasteiger partial charge in [0.2, 0.25) is 0 Å². The molecule has 1 nitrogen and oxygen atoms in total. The standard InChI is InChI=1S/C12H15BF3O.K/c14-13(15,16)10-6-8-12(9-7-10)17-11-4-2-1-3-5-11;/h6-9,11H,1-5H2;/q-1;+1. The molecule has 0 aliphatic heterocycles. The Morgan fingerprint density at radius 3 is 2.00 bits per heavy atom. The second-order valence-electron chi connectivity index (χ2n) is 4.52. The largest absolute Gasteiger partial charge is 1.00 e. The molecule has 1 saturated carbocycles. The van der Waals surface area contributed by atoms with Gasteiger partial charge in [-0.25, -0.2) is 0 Å². The fourth-order valence-corrected chi connectivity index (χ4v) is 2.14. The van der Waals surface area contributed by atoms with Gasteiger partial charge in [0, 0.05) is 0 Å². The molecule has 0 saturated heterocycles. The summed E-state index contributed by atoms with van der Waals surface area (Å²) in [7, 11) is 0. The predicted molar refractivity (Wildman–Crippen MR) is 62.7 cm³/mol. The third-order valence-corrected chi connectivity index (χ3v) is 3.11. The predicted octanol–water partition coefficient (Wildman–Crippen LogP) is 0.456. The molecule has 2 rings (SSSR count). The van der Waals surface area contributed by atoms with Crippen molar-refractivity contribution in [3.05, 3.63) is 24.3 Å². The van der Waals surface area contributed by atoms with Crippen molar-refractivity contribution in [2.45, 2.75) is 38.2 Å². The molecule has 1 aliphatic rings. The van der Waals surface area contributed by atoms with Crippen LogP contribution >= 0.6 is 0 Å². The third-order valence-electron chi connectivity index (χ3n) is 3.11. The van der Waals surface area contributed by atoms with Crippen LogP contribution in [-0.4, -0.2) is 13.1 Å². The summed E-state index contributed by atoms with van der Waals surface area (Å²) in [5, 5.41) is 0. The Kier molecular flexibility index (Phi) is 6.75. The number of hydrogen-bond acceptors (Lipinski definition) is 1. The summed E-state index contributed by atoms with van der Waals surface area (Å²) < 4.78 is 42.9. The number of ether oxygens (including phenoxy) is 1. The number of hydrogen-bond donors (Lipinski definition) is 0. The fourth-order valence-electron chi connectivity index (χ4n) is 2.14. The van der Waals surface area contributed by atoms with Gasteiger partial charge in [-0.15, -0.1) is 5.46 Å². The van der Waals surface area contributed by atoms with Crippen molar-refractivity contribution in [1.29, 1.82) is 0 Å². The van der Waals surface area contributed by atoms with Gasteiger partial charge < -0.3 is 17.7 Å². The van der Waals surface area contributed by atoms with Gasteiger partial charge in [0.25, 0.3) is 0 Å². The maximum atomic E-state index is 12.4. The molecule has 0 spiro atoms. The topological polar surface area (TPSA) is 9.23 Å². The monoisotopic (exact) mass is 282 g/mol. The Morgan fingerprint density at radius 1 is 0.944 bits per heavy atom. The van der Waals surface area contributed by atoms with E-state index in [4.69, 9.17) is 4.74 Å². The smallest absolute Gasteiger partial charge is 0.490 e. The van der Waals surface area contributed by atoms with E-state index in [-0.39, 0.29) is 57.5 Å². The van der Waals surface area contributed by atoms with E-state index in [1.807, 2.05) is 0 Å². The van der Waals surface area contributed by atoms with Gasteiger partial charge >= 0.3 is 58.4 Å². The van der Waals surface area contributed by atoms with E-state index in [1.54, 1.807) is 0 Å². The van der Waals surface area contributed by atoms with Gasteiger partial charge in [-0.2, -0.15) is 0 Å². The van der Waals surface area contributed by atoms with Crippen molar-refractivity contribution in [1.82, 2.24) is 0 Å². The molecule has 0 radical (unpaired) electrons. The van der Waals surface area contributed by atoms with Gasteiger partial charge in [0.15, 0.2) is 0 Å². The van der Waals surface area contributed by atoms with Crippen LogP contribution < -0.4 is 61.6 Å². The van der Waals surface area contributed by atoms with Crippen molar-refractivity contribution in [3.63, 3.8) is 0 Å². The van der Waals surface area contributed by atoms with Crippen molar-refractivity contribution < 1.29 is 69.1 Å². The first kappa shape index (κ1) is 16.6. The SMILES string of the molecule is F[B-](F)(F)c1ccc(OC2CCCCC2)cc1.[K+]. The molecule has 1 aromatic rings. The Labute approximate surface area is 148 Å². The zero-order valence-electron chi connectivity index (χ0n) is 10.5. The molecule has 1 aliphatic carbocycles. The summed E-state index contributed by atoms with van der Waals surface area (Å²) in [6.45, 7) is -4.90. The molecule has 0 heterocycles. The molecule has 18 heavy (non-hydrogen) atoms. The first-order valence-electron chi connectivity index (χ1n) is 6.02. The van der Waals surface area contributed by atoms with Gasteiger partial charge in [0.1, 0.15) is 5.75 Å². The second kappa shape index (κ2) is 7.34. The van der Waals surface area contributed by atoms with E-state index < -0.39 is 12.4 Å². The third kappa shape index (κ3) is 4.89. The van der Waals surface area contributed by atoms with Crippen LogP contribution in [0.4, 0.5) is 12.9 Å². The van der Waals surface area contributed by atoms with Gasteiger partial charge in [-0.1, -0.05) is 18.6 Å². The van der Waals surface area contributed by atoms with Gasteiger partial charge in [-0.05, 0) is 37.8 Å². The maximum absolute atomic E-state index is 12.4. The minimum Gasteiger partial charge on any atom is -0.490 e. The molecule has 94 valence electrons. The zero-order chi connectivity index (χ0) is 12.3. The number of benzene rings is 1. The van der Waals surface area contributed by atoms with E-state index in [0.29, 0.717) is 5.75 Å². The van der Waals surface area contributed by atoms with Crippen molar-refractivity contribution in [2.75, 3.05) is 0 Å². The van der Waals surface area contributed by atoms with Crippen LogP contribution in [0.2, 0.25) is 0 Å². The molecule has 1 aromatic carbocycles. The first-order chi connectivity index (χ1) is 8.05. The number of halogens is 3. The Balaban J connectivity index is 0.00000162. The summed E-state index contributed by atoms with van der Waals surface area (Å²) in [6, 6.07) is 5.02. The maximum Gasteiger partial charge on any atom is 1.00 e. The van der Waals surface area contributed by atoms with Crippen LogP contribution in [0, 0.1) is 0 Å². The number of rotatable bonds is 3. The summed E-state index contributed by atoms with van der Waals surface area (Å²) in [5.41, 5.74) is -0.569. The van der Waals surface area contributed by atoms with E-state index >= 15 is 0 Å². The molecule has 0 bridgehead atoms. The molecule has 0 N–H and O–H groups in total. The zero-order valence-corrected chi connectivity index (χ0v) is 13.7. The minimum absolute atomic E-state index is 0.